The van der Waals surface area contributed by atoms with Gasteiger partial charge in [-0.05, 0) is 24.1 Å². The number of hydrogen-bond acceptors (Lipinski definition) is 4. The predicted octanol–water partition coefficient (Wildman–Crippen LogP) is 0.531. The summed E-state index contributed by atoms with van der Waals surface area (Å²) in [5.41, 5.74) is -1.26. The molecule has 8 heteroatoms. The number of halogens is 1. The maximum atomic E-state index is 14.1. The van der Waals surface area contributed by atoms with Crippen LogP contribution in [0, 0.1) is 5.92 Å². The molecule has 7 nitrogen and oxygen atoms in total. The Balaban J connectivity index is 1.64. The summed E-state index contributed by atoms with van der Waals surface area (Å²) in [6, 6.07) is 6.48. The van der Waals surface area contributed by atoms with Gasteiger partial charge in [-0.3, -0.25) is 19.7 Å². The summed E-state index contributed by atoms with van der Waals surface area (Å²) >= 11 is 0. The lowest BCUT2D eigenvalue weighted by Gasteiger charge is -2.18. The summed E-state index contributed by atoms with van der Waals surface area (Å²) in [6.07, 6.45) is 0.320. The fraction of sp³-hybridized carbons (Fsp3) is 0.412. The highest BCUT2D eigenvalue weighted by Crippen LogP contribution is 2.27. The van der Waals surface area contributed by atoms with Gasteiger partial charge in [-0.15, -0.1) is 0 Å². The average molecular weight is 348 g/mol. The Bertz CT molecular complexity index is 748. The van der Waals surface area contributed by atoms with Crippen molar-refractivity contribution in [3.05, 3.63) is 35.4 Å². The highest BCUT2D eigenvalue weighted by Gasteiger charge is 2.47. The highest BCUT2D eigenvalue weighted by molar-refractivity contribution is 6.03. The molecule has 25 heavy (non-hydrogen) atoms. The maximum absolute atomic E-state index is 14.1. The van der Waals surface area contributed by atoms with Crippen molar-refractivity contribution in [3.8, 4) is 0 Å². The first-order chi connectivity index (χ1) is 11.8. The molecule has 0 aliphatic carbocycles. The zero-order valence-corrected chi connectivity index (χ0v) is 13.3. The van der Waals surface area contributed by atoms with E-state index in [9.17, 15) is 23.6 Å². The molecular weight excluding hydrogens is 331 g/mol. The van der Waals surface area contributed by atoms with E-state index in [0.29, 0.717) is 12.0 Å². The number of hydrogen-bond donors (Lipinski definition) is 2. The van der Waals surface area contributed by atoms with Crippen molar-refractivity contribution < 1.29 is 28.7 Å². The van der Waals surface area contributed by atoms with Gasteiger partial charge >= 0.3 is 5.97 Å². The number of nitrogens with one attached hydrogen (secondary N) is 1. The predicted molar refractivity (Wildman–Crippen MR) is 83.4 cm³/mol. The Kier molecular flexibility index (Phi) is 4.28. The number of rotatable bonds is 4. The Morgan fingerprint density at radius 2 is 1.96 bits per heavy atom. The van der Waals surface area contributed by atoms with Crippen molar-refractivity contribution in [1.29, 1.82) is 0 Å². The molecule has 2 unspecified atom stereocenters. The van der Waals surface area contributed by atoms with Crippen LogP contribution in [0.1, 0.15) is 28.8 Å². The molecule has 0 spiro atoms. The van der Waals surface area contributed by atoms with Crippen LogP contribution in [0.5, 0.6) is 0 Å². The molecule has 0 bridgehead atoms. The molecule has 132 valence electrons. The van der Waals surface area contributed by atoms with E-state index in [-0.39, 0.29) is 31.2 Å². The first-order valence-electron chi connectivity index (χ1n) is 7.93. The van der Waals surface area contributed by atoms with E-state index < -0.39 is 30.0 Å². The molecule has 0 aromatic heterocycles. The normalized spacial score (nSPS) is 26.0. The Morgan fingerprint density at radius 3 is 2.48 bits per heavy atom. The topological polar surface area (TPSA) is 104 Å². The second-order valence-electron chi connectivity index (χ2n) is 6.46. The van der Waals surface area contributed by atoms with Gasteiger partial charge < -0.3 is 10.0 Å². The molecule has 2 saturated heterocycles. The molecule has 0 saturated carbocycles. The van der Waals surface area contributed by atoms with Crippen LogP contribution < -0.4 is 5.32 Å². The molecule has 2 fully saturated rings. The highest BCUT2D eigenvalue weighted by atomic mass is 19.1. The van der Waals surface area contributed by atoms with E-state index in [2.05, 4.69) is 5.32 Å². The molecule has 2 N–H and O–H groups in total. The lowest BCUT2D eigenvalue weighted by atomic mass is 9.97. The van der Waals surface area contributed by atoms with Crippen LogP contribution in [0.25, 0.3) is 0 Å². The quantitative estimate of drug-likeness (QED) is 0.773. The first kappa shape index (κ1) is 17.1. The molecular formula is C17H17FN2O5. The van der Waals surface area contributed by atoms with Crippen LogP contribution in [0.2, 0.25) is 0 Å². The summed E-state index contributed by atoms with van der Waals surface area (Å²) in [4.78, 5) is 47.2. The van der Waals surface area contributed by atoms with Gasteiger partial charge in [0, 0.05) is 24.9 Å². The van der Waals surface area contributed by atoms with Crippen molar-refractivity contribution in [1.82, 2.24) is 10.2 Å². The SMILES string of the molecule is O=C1CC(Cc2ccc(C(=O)N3CCC(F)(C(=O)O)C3)cc2)C(=O)N1. The van der Waals surface area contributed by atoms with E-state index >= 15 is 0 Å². The second-order valence-corrected chi connectivity index (χ2v) is 6.46. The Hall–Kier alpha value is -2.77. The van der Waals surface area contributed by atoms with Gasteiger partial charge in [0.25, 0.3) is 5.91 Å². The van der Waals surface area contributed by atoms with Crippen molar-refractivity contribution in [3.63, 3.8) is 0 Å². The number of amides is 3. The van der Waals surface area contributed by atoms with Crippen molar-refractivity contribution in [2.24, 2.45) is 5.92 Å². The van der Waals surface area contributed by atoms with E-state index in [0.717, 1.165) is 5.56 Å². The number of carbonyl (C=O) groups excluding carboxylic acids is 3. The van der Waals surface area contributed by atoms with Crippen LogP contribution in [-0.2, 0) is 20.8 Å². The van der Waals surface area contributed by atoms with Gasteiger partial charge in [0.2, 0.25) is 17.5 Å². The summed E-state index contributed by atoms with van der Waals surface area (Å²) in [5.74, 6) is -2.97. The van der Waals surface area contributed by atoms with Gasteiger partial charge in [-0.25, -0.2) is 9.18 Å². The number of imide groups is 1. The Labute approximate surface area is 142 Å². The third kappa shape index (κ3) is 3.38. The van der Waals surface area contributed by atoms with Crippen LogP contribution >= 0.6 is 0 Å². The largest absolute Gasteiger partial charge is 0.479 e. The van der Waals surface area contributed by atoms with Crippen LogP contribution in [0.15, 0.2) is 24.3 Å². The molecule has 1 aromatic carbocycles. The maximum Gasteiger partial charge on any atom is 0.343 e. The number of carboxylic acid groups (broad SMARTS) is 1. The number of nitrogens with zero attached hydrogens (tertiary/aromatic N) is 1. The van der Waals surface area contributed by atoms with Crippen LogP contribution in [0.4, 0.5) is 4.39 Å². The zero-order valence-electron chi connectivity index (χ0n) is 13.3. The average Bonchev–Trinajstić information content (AvgIpc) is 3.11. The van der Waals surface area contributed by atoms with Gasteiger partial charge in [-0.1, -0.05) is 12.1 Å². The molecule has 3 amide bonds. The first-order valence-corrected chi connectivity index (χ1v) is 7.93. The molecule has 3 rings (SSSR count). The van der Waals surface area contributed by atoms with Gasteiger partial charge in [0.1, 0.15) is 0 Å². The molecule has 0 radical (unpaired) electrons. The lowest BCUT2D eigenvalue weighted by Crippen LogP contribution is -2.38. The number of carboxylic acids is 1. The minimum Gasteiger partial charge on any atom is -0.479 e. The van der Waals surface area contributed by atoms with Gasteiger partial charge in [-0.2, -0.15) is 0 Å². The van der Waals surface area contributed by atoms with Crippen LogP contribution in [-0.4, -0.2) is 52.5 Å². The standard InChI is InChI=1S/C17H17FN2O5/c18-17(16(24)25)5-6-20(9-17)15(23)11-3-1-10(2-4-11)7-12-8-13(21)19-14(12)22/h1-4,12H,5-9H2,(H,24,25)(H,19,21,22). The van der Waals surface area contributed by atoms with E-state index in [1.165, 1.54) is 4.90 Å². The fourth-order valence-corrected chi connectivity index (χ4v) is 3.14. The van der Waals surface area contributed by atoms with Crippen molar-refractivity contribution in [2.75, 3.05) is 13.1 Å². The molecule has 2 aliphatic rings. The summed E-state index contributed by atoms with van der Waals surface area (Å²) < 4.78 is 14.1. The van der Waals surface area contributed by atoms with Crippen molar-refractivity contribution >= 4 is 23.7 Å². The molecule has 1 aromatic rings. The van der Waals surface area contributed by atoms with E-state index in [4.69, 9.17) is 5.11 Å². The summed E-state index contributed by atoms with van der Waals surface area (Å²) in [5, 5.41) is 11.1. The van der Waals surface area contributed by atoms with E-state index in [1.54, 1.807) is 24.3 Å². The third-order valence-corrected chi connectivity index (χ3v) is 4.64. The monoisotopic (exact) mass is 348 g/mol. The van der Waals surface area contributed by atoms with E-state index in [1.807, 2.05) is 0 Å². The van der Waals surface area contributed by atoms with Gasteiger partial charge in [0.05, 0.1) is 12.5 Å². The number of aliphatic carboxylic acids is 1. The van der Waals surface area contributed by atoms with Gasteiger partial charge in [0.15, 0.2) is 0 Å². The number of benzene rings is 1. The zero-order chi connectivity index (χ0) is 18.2. The summed E-state index contributed by atoms with van der Waals surface area (Å²) in [7, 11) is 0. The number of carbonyl (C=O) groups is 4. The number of alkyl halides is 1. The summed E-state index contributed by atoms with van der Waals surface area (Å²) in [6.45, 7) is -0.416. The Morgan fingerprint density at radius 1 is 1.28 bits per heavy atom. The van der Waals surface area contributed by atoms with Crippen LogP contribution in [0.3, 0.4) is 0 Å². The number of likely N-dealkylation sites (tertiary alicyclic amines) is 1. The second kappa shape index (κ2) is 6.27. The third-order valence-electron chi connectivity index (χ3n) is 4.64. The lowest BCUT2D eigenvalue weighted by molar-refractivity contribution is -0.149. The minimum absolute atomic E-state index is 0.0493. The molecule has 2 atom stereocenters. The fourth-order valence-electron chi connectivity index (χ4n) is 3.14. The molecule has 2 aliphatic heterocycles. The minimum atomic E-state index is -2.39. The molecule has 2 heterocycles. The smallest absolute Gasteiger partial charge is 0.343 e. The van der Waals surface area contributed by atoms with Crippen molar-refractivity contribution in [2.45, 2.75) is 24.9 Å².